The Labute approximate surface area is 119 Å². The third-order valence-electron chi connectivity index (χ3n) is 3.07. The van der Waals surface area contributed by atoms with Crippen molar-refractivity contribution in [2.75, 3.05) is 6.61 Å². The van der Waals surface area contributed by atoms with Gasteiger partial charge in [0.15, 0.2) is 0 Å². The molecule has 108 valence electrons. The lowest BCUT2D eigenvalue weighted by Crippen LogP contribution is -2.46. The molecule has 0 saturated heterocycles. The van der Waals surface area contributed by atoms with E-state index in [1.165, 1.54) is 12.1 Å². The fourth-order valence-electron chi connectivity index (χ4n) is 2.12. The highest BCUT2D eigenvalue weighted by Gasteiger charge is 2.21. The Kier molecular flexibility index (Phi) is 7.31. The minimum Gasteiger partial charge on any atom is -0.377 e. The van der Waals surface area contributed by atoms with Gasteiger partial charge in [0.2, 0.25) is 0 Å². The van der Waals surface area contributed by atoms with Gasteiger partial charge in [0, 0.05) is 11.6 Å². The van der Waals surface area contributed by atoms with Gasteiger partial charge in [0.05, 0.1) is 12.1 Å². The van der Waals surface area contributed by atoms with Gasteiger partial charge in [-0.1, -0.05) is 31.0 Å². The average molecular weight is 289 g/mol. The molecule has 0 aliphatic carbocycles. The van der Waals surface area contributed by atoms with Crippen LogP contribution < -0.4 is 11.3 Å². The molecule has 0 saturated carbocycles. The molecule has 19 heavy (non-hydrogen) atoms. The number of nitrogens with two attached hydrogens (primary N) is 1. The molecule has 0 aromatic heterocycles. The summed E-state index contributed by atoms with van der Waals surface area (Å²) in [5, 5.41) is 0.423. The smallest absolute Gasteiger partial charge is 0.124 e. The zero-order chi connectivity index (χ0) is 14.3. The van der Waals surface area contributed by atoms with E-state index in [0.29, 0.717) is 18.1 Å². The molecule has 0 bridgehead atoms. The zero-order valence-corrected chi connectivity index (χ0v) is 12.2. The van der Waals surface area contributed by atoms with Crippen LogP contribution >= 0.6 is 11.6 Å². The first-order valence-corrected chi connectivity index (χ1v) is 7.01. The van der Waals surface area contributed by atoms with E-state index in [9.17, 15) is 4.39 Å². The minimum atomic E-state index is -0.332. The van der Waals surface area contributed by atoms with Crippen molar-refractivity contribution in [3.63, 3.8) is 0 Å². The summed E-state index contributed by atoms with van der Waals surface area (Å²) in [6, 6.07) is 4.38. The summed E-state index contributed by atoms with van der Waals surface area (Å²) in [4.78, 5) is 0. The second-order valence-corrected chi connectivity index (χ2v) is 4.90. The number of rotatable bonds is 8. The van der Waals surface area contributed by atoms with Crippen molar-refractivity contribution in [1.29, 1.82) is 0 Å². The summed E-state index contributed by atoms with van der Waals surface area (Å²) >= 11 is 6.04. The maximum absolute atomic E-state index is 13.0. The fourth-order valence-corrected chi connectivity index (χ4v) is 2.37. The number of benzene rings is 1. The molecular formula is C14H22ClFN2O. The molecule has 0 amide bonds. The molecule has 5 heteroatoms. The molecule has 1 aromatic rings. The monoisotopic (exact) mass is 288 g/mol. The van der Waals surface area contributed by atoms with Gasteiger partial charge in [0.25, 0.3) is 0 Å². The minimum absolute atomic E-state index is 0.0288. The molecule has 0 heterocycles. The topological polar surface area (TPSA) is 47.3 Å². The van der Waals surface area contributed by atoms with E-state index in [1.807, 2.05) is 6.92 Å². The van der Waals surface area contributed by atoms with Crippen LogP contribution in [0.5, 0.6) is 0 Å². The number of nitrogens with one attached hydrogen (secondary N) is 1. The van der Waals surface area contributed by atoms with E-state index in [2.05, 4.69) is 12.3 Å². The van der Waals surface area contributed by atoms with Gasteiger partial charge in [-0.2, -0.15) is 0 Å². The van der Waals surface area contributed by atoms with Crippen molar-refractivity contribution < 1.29 is 9.13 Å². The van der Waals surface area contributed by atoms with E-state index in [-0.39, 0.29) is 18.0 Å². The Bertz CT molecular complexity index is 384. The van der Waals surface area contributed by atoms with Crippen LogP contribution in [0.3, 0.4) is 0 Å². The fraction of sp³-hybridized carbons (Fsp3) is 0.571. The van der Waals surface area contributed by atoms with Gasteiger partial charge >= 0.3 is 0 Å². The summed E-state index contributed by atoms with van der Waals surface area (Å²) in [6.07, 6.45) is 2.57. The predicted octanol–water partition coefficient (Wildman–Crippen LogP) is 3.06. The molecule has 0 radical (unpaired) electrons. The molecule has 1 rings (SSSR count). The molecule has 1 aromatic carbocycles. The number of hydrogen-bond donors (Lipinski definition) is 2. The summed E-state index contributed by atoms with van der Waals surface area (Å²) in [7, 11) is 0. The third-order valence-corrected chi connectivity index (χ3v) is 3.42. The van der Waals surface area contributed by atoms with E-state index < -0.39 is 0 Å². The van der Waals surface area contributed by atoms with Crippen molar-refractivity contribution in [3.8, 4) is 0 Å². The molecular weight excluding hydrogens is 267 g/mol. The lowest BCUT2D eigenvalue weighted by Gasteiger charge is -2.26. The number of hydrazine groups is 1. The van der Waals surface area contributed by atoms with Crippen molar-refractivity contribution >= 4 is 11.6 Å². The van der Waals surface area contributed by atoms with E-state index in [4.69, 9.17) is 22.2 Å². The van der Waals surface area contributed by atoms with Gasteiger partial charge in [0.1, 0.15) is 5.82 Å². The molecule has 0 fully saturated rings. The lowest BCUT2D eigenvalue weighted by atomic mass is 9.98. The second kappa shape index (κ2) is 8.48. The predicted molar refractivity (Wildman–Crippen MR) is 76.5 cm³/mol. The van der Waals surface area contributed by atoms with E-state index in [1.54, 1.807) is 6.07 Å². The average Bonchev–Trinajstić information content (AvgIpc) is 2.38. The van der Waals surface area contributed by atoms with Crippen LogP contribution in [0.15, 0.2) is 18.2 Å². The van der Waals surface area contributed by atoms with Crippen molar-refractivity contribution in [2.45, 2.75) is 45.3 Å². The third kappa shape index (κ3) is 5.07. The number of hydrogen-bond acceptors (Lipinski definition) is 3. The molecule has 0 aliphatic rings. The molecule has 2 unspecified atom stereocenters. The Morgan fingerprint density at radius 1 is 1.42 bits per heavy atom. The van der Waals surface area contributed by atoms with Gasteiger partial charge in [-0.15, -0.1) is 0 Å². The Hall–Kier alpha value is -0.680. The van der Waals surface area contributed by atoms with Crippen LogP contribution in [0.4, 0.5) is 4.39 Å². The van der Waals surface area contributed by atoms with Gasteiger partial charge in [-0.25, -0.2) is 4.39 Å². The molecule has 3 N–H and O–H groups in total. The second-order valence-electron chi connectivity index (χ2n) is 4.50. The summed E-state index contributed by atoms with van der Waals surface area (Å²) in [5.41, 5.74) is 3.65. The number of halogens is 2. The molecule has 2 atom stereocenters. The molecule has 0 aliphatic heterocycles. The normalized spacial score (nSPS) is 14.4. The Morgan fingerprint density at radius 3 is 2.68 bits per heavy atom. The van der Waals surface area contributed by atoms with Gasteiger partial charge in [-0.05, 0) is 37.5 Å². The van der Waals surface area contributed by atoms with Gasteiger partial charge < -0.3 is 4.74 Å². The maximum Gasteiger partial charge on any atom is 0.124 e. The van der Waals surface area contributed by atoms with Crippen LogP contribution in [-0.2, 0) is 11.2 Å². The first-order chi connectivity index (χ1) is 9.12. The lowest BCUT2D eigenvalue weighted by molar-refractivity contribution is 0.0281. The van der Waals surface area contributed by atoms with E-state index >= 15 is 0 Å². The Balaban J connectivity index is 2.78. The Morgan fingerprint density at radius 2 is 2.16 bits per heavy atom. The maximum atomic E-state index is 13.0. The highest BCUT2D eigenvalue weighted by atomic mass is 35.5. The first kappa shape index (κ1) is 16.4. The van der Waals surface area contributed by atoms with Crippen LogP contribution in [0.2, 0.25) is 5.02 Å². The standard InChI is InChI=1S/C14H22ClFN2O/c1-3-5-14(19-4-2)13(18-17)8-10-6-7-11(16)9-12(10)15/h6-7,9,13-14,18H,3-5,8,17H2,1-2H3. The summed E-state index contributed by atoms with van der Waals surface area (Å²) in [6.45, 7) is 4.70. The van der Waals surface area contributed by atoms with Crippen LogP contribution in [-0.4, -0.2) is 18.8 Å². The SMILES string of the molecule is CCCC(OCC)C(Cc1ccc(F)cc1Cl)NN. The summed E-state index contributed by atoms with van der Waals surface area (Å²) in [5.74, 6) is 5.28. The molecule has 3 nitrogen and oxygen atoms in total. The van der Waals surface area contributed by atoms with Crippen molar-refractivity contribution in [2.24, 2.45) is 5.84 Å². The first-order valence-electron chi connectivity index (χ1n) is 6.64. The summed E-state index contributed by atoms with van der Waals surface area (Å²) < 4.78 is 18.7. The molecule has 0 spiro atoms. The quantitative estimate of drug-likeness (QED) is 0.571. The van der Waals surface area contributed by atoms with Crippen LogP contribution in [0, 0.1) is 5.82 Å². The van der Waals surface area contributed by atoms with E-state index in [0.717, 1.165) is 18.4 Å². The van der Waals surface area contributed by atoms with Crippen molar-refractivity contribution in [1.82, 2.24) is 5.43 Å². The highest BCUT2D eigenvalue weighted by molar-refractivity contribution is 6.31. The van der Waals surface area contributed by atoms with Gasteiger partial charge in [-0.3, -0.25) is 11.3 Å². The van der Waals surface area contributed by atoms with Crippen LogP contribution in [0.25, 0.3) is 0 Å². The highest BCUT2D eigenvalue weighted by Crippen LogP contribution is 2.21. The van der Waals surface area contributed by atoms with Crippen LogP contribution in [0.1, 0.15) is 32.3 Å². The number of ether oxygens (including phenoxy) is 1. The zero-order valence-electron chi connectivity index (χ0n) is 11.5. The van der Waals surface area contributed by atoms with Crippen molar-refractivity contribution in [3.05, 3.63) is 34.6 Å². The largest absolute Gasteiger partial charge is 0.377 e.